The predicted molar refractivity (Wildman–Crippen MR) is 193 cm³/mol. The number of benzene rings is 5. The molecule has 0 radical (unpaired) electrons. The highest BCUT2D eigenvalue weighted by Gasteiger charge is 2.47. The number of pyridine rings is 1. The van der Waals surface area contributed by atoms with Crippen molar-refractivity contribution in [2.75, 3.05) is 0 Å². The van der Waals surface area contributed by atoms with Crippen LogP contribution in [0.5, 0.6) is 5.75 Å². The molecule has 2 heterocycles. The van der Waals surface area contributed by atoms with E-state index in [1.807, 2.05) is 42.6 Å². The summed E-state index contributed by atoms with van der Waals surface area (Å²) in [5.41, 5.74) is 10.6. The zero-order valence-corrected chi connectivity index (χ0v) is 26.7. The van der Waals surface area contributed by atoms with E-state index < -0.39 is 5.41 Å². The SMILES string of the molecule is Oc1c(-c2cccc(C3(c4cccc(-c5ncc6ccccc6n5)c4)c4ccccc4-c4ccccc43)n2)cccc1C1CCCCC1. The normalized spacial score (nSPS) is 15.2. The van der Waals surface area contributed by atoms with Crippen LogP contribution in [-0.4, -0.2) is 20.1 Å². The van der Waals surface area contributed by atoms with Crippen molar-refractivity contribution < 1.29 is 5.11 Å². The van der Waals surface area contributed by atoms with Crippen molar-refractivity contribution >= 4 is 10.9 Å². The lowest BCUT2D eigenvalue weighted by Gasteiger charge is -2.33. The Hall–Kier alpha value is -5.61. The molecule has 232 valence electrons. The molecule has 7 aromatic rings. The average molecular weight is 622 g/mol. The lowest BCUT2D eigenvalue weighted by atomic mass is 9.69. The summed E-state index contributed by atoms with van der Waals surface area (Å²) in [6, 6.07) is 46.6. The summed E-state index contributed by atoms with van der Waals surface area (Å²) in [6.45, 7) is 0. The van der Waals surface area contributed by atoms with E-state index >= 15 is 0 Å². The third-order valence-electron chi connectivity index (χ3n) is 10.5. The van der Waals surface area contributed by atoms with E-state index in [0.29, 0.717) is 17.5 Å². The Kier molecular flexibility index (Phi) is 6.89. The van der Waals surface area contributed by atoms with Crippen molar-refractivity contribution in [2.24, 2.45) is 0 Å². The van der Waals surface area contributed by atoms with Gasteiger partial charge in [-0.25, -0.2) is 9.97 Å². The third-order valence-corrected chi connectivity index (χ3v) is 10.5. The van der Waals surface area contributed by atoms with Crippen LogP contribution < -0.4 is 0 Å². The first-order valence-electron chi connectivity index (χ1n) is 17.0. The smallest absolute Gasteiger partial charge is 0.159 e. The van der Waals surface area contributed by atoms with Crippen molar-refractivity contribution in [3.8, 4) is 39.5 Å². The first-order chi connectivity index (χ1) is 23.7. The molecule has 0 unspecified atom stereocenters. The number of nitrogens with zero attached hydrogens (tertiary/aromatic N) is 3. The molecule has 2 aliphatic rings. The van der Waals surface area contributed by atoms with Gasteiger partial charge >= 0.3 is 0 Å². The average Bonchev–Trinajstić information content (AvgIpc) is 3.46. The van der Waals surface area contributed by atoms with E-state index in [1.54, 1.807) is 0 Å². The van der Waals surface area contributed by atoms with Crippen LogP contribution in [-0.2, 0) is 5.41 Å². The topological polar surface area (TPSA) is 58.9 Å². The summed E-state index contributed by atoms with van der Waals surface area (Å²) >= 11 is 0. The Labute approximate surface area is 280 Å². The molecule has 1 saturated carbocycles. The number of aromatic nitrogens is 3. The fourth-order valence-electron chi connectivity index (χ4n) is 8.28. The molecule has 0 spiro atoms. The number of phenolic OH excluding ortho intramolecular Hbond substituents is 1. The van der Waals surface area contributed by atoms with Crippen molar-refractivity contribution in [3.05, 3.63) is 168 Å². The molecule has 2 aliphatic carbocycles. The molecular weight excluding hydrogens is 587 g/mol. The molecule has 1 fully saturated rings. The molecule has 0 aliphatic heterocycles. The van der Waals surface area contributed by atoms with Crippen LogP contribution in [0.2, 0.25) is 0 Å². The van der Waals surface area contributed by atoms with Gasteiger partial charge in [-0.15, -0.1) is 0 Å². The molecule has 9 rings (SSSR count). The molecule has 5 aromatic carbocycles. The van der Waals surface area contributed by atoms with Gasteiger partial charge in [-0.1, -0.05) is 122 Å². The van der Waals surface area contributed by atoms with E-state index in [4.69, 9.17) is 15.0 Å². The zero-order valence-electron chi connectivity index (χ0n) is 26.7. The summed E-state index contributed by atoms with van der Waals surface area (Å²) in [5.74, 6) is 1.45. The first kappa shape index (κ1) is 28.6. The Morgan fingerprint density at radius 1 is 0.604 bits per heavy atom. The maximum atomic E-state index is 11.7. The van der Waals surface area contributed by atoms with Crippen LogP contribution in [0.25, 0.3) is 44.7 Å². The third kappa shape index (κ3) is 4.47. The molecule has 2 aromatic heterocycles. The zero-order chi connectivity index (χ0) is 32.1. The van der Waals surface area contributed by atoms with Gasteiger partial charge in [-0.2, -0.15) is 0 Å². The van der Waals surface area contributed by atoms with Crippen molar-refractivity contribution in [3.63, 3.8) is 0 Å². The standard InChI is InChI=1S/C44H35N3O/c48-42-33(29-13-2-1-3-14-29)20-11-21-36(42)40-25-12-26-41(46-40)44(37-22-7-5-18-34(37)35-19-6-8-23-38(35)44)32-17-10-16-30(27-32)43-45-28-31-15-4-9-24-39(31)47-43/h4-12,15-29,48H,1-3,13-14H2. The quantitative estimate of drug-likeness (QED) is 0.208. The van der Waals surface area contributed by atoms with E-state index in [9.17, 15) is 5.11 Å². The Morgan fingerprint density at radius 2 is 1.29 bits per heavy atom. The molecule has 0 amide bonds. The predicted octanol–water partition coefficient (Wildman–Crippen LogP) is 10.5. The van der Waals surface area contributed by atoms with Crippen molar-refractivity contribution in [2.45, 2.75) is 43.4 Å². The largest absolute Gasteiger partial charge is 0.507 e. The van der Waals surface area contributed by atoms with Crippen molar-refractivity contribution in [1.82, 2.24) is 15.0 Å². The van der Waals surface area contributed by atoms with Gasteiger partial charge in [0.1, 0.15) is 5.75 Å². The van der Waals surface area contributed by atoms with Gasteiger partial charge in [-0.05, 0) is 82.5 Å². The van der Waals surface area contributed by atoms with Gasteiger partial charge in [0, 0.05) is 22.7 Å². The Balaban J connectivity index is 1.26. The minimum atomic E-state index is -0.702. The first-order valence-corrected chi connectivity index (χ1v) is 17.0. The summed E-state index contributed by atoms with van der Waals surface area (Å²) in [7, 11) is 0. The van der Waals surface area contributed by atoms with E-state index in [0.717, 1.165) is 57.4 Å². The molecule has 4 heteroatoms. The molecule has 1 N–H and O–H groups in total. The monoisotopic (exact) mass is 621 g/mol. The lowest BCUT2D eigenvalue weighted by molar-refractivity contribution is 0.415. The molecule has 0 atom stereocenters. The Bertz CT molecular complexity index is 2270. The summed E-state index contributed by atoms with van der Waals surface area (Å²) in [5, 5.41) is 12.7. The Morgan fingerprint density at radius 3 is 2.10 bits per heavy atom. The number of aromatic hydroxyl groups is 1. The van der Waals surface area contributed by atoms with E-state index in [1.165, 1.54) is 41.5 Å². The highest BCUT2D eigenvalue weighted by atomic mass is 16.3. The number of fused-ring (bicyclic) bond motifs is 4. The van der Waals surface area contributed by atoms with Gasteiger partial charge in [0.2, 0.25) is 0 Å². The molecule has 0 bridgehead atoms. The maximum absolute atomic E-state index is 11.7. The second-order valence-electron chi connectivity index (χ2n) is 13.2. The van der Waals surface area contributed by atoms with Crippen LogP contribution >= 0.6 is 0 Å². The number of para-hydroxylation sites is 2. The number of rotatable bonds is 5. The van der Waals surface area contributed by atoms with Gasteiger partial charge in [0.25, 0.3) is 0 Å². The summed E-state index contributed by atoms with van der Waals surface area (Å²) < 4.78 is 0. The molecule has 48 heavy (non-hydrogen) atoms. The van der Waals surface area contributed by atoms with Gasteiger partial charge in [0.05, 0.1) is 22.3 Å². The lowest BCUT2D eigenvalue weighted by Crippen LogP contribution is -2.30. The van der Waals surface area contributed by atoms with Crippen LogP contribution in [0.4, 0.5) is 0 Å². The minimum Gasteiger partial charge on any atom is -0.507 e. The second-order valence-corrected chi connectivity index (χ2v) is 13.2. The second kappa shape index (κ2) is 11.6. The van der Waals surface area contributed by atoms with Crippen LogP contribution in [0.3, 0.4) is 0 Å². The van der Waals surface area contributed by atoms with Crippen LogP contribution in [0, 0.1) is 0 Å². The fraction of sp³-hybridized carbons (Fsp3) is 0.159. The highest BCUT2D eigenvalue weighted by Crippen LogP contribution is 2.56. The maximum Gasteiger partial charge on any atom is 0.159 e. The number of hydrogen-bond acceptors (Lipinski definition) is 4. The molecule has 4 nitrogen and oxygen atoms in total. The van der Waals surface area contributed by atoms with E-state index in [-0.39, 0.29) is 0 Å². The van der Waals surface area contributed by atoms with Crippen molar-refractivity contribution in [1.29, 1.82) is 0 Å². The fourth-order valence-corrected chi connectivity index (χ4v) is 8.28. The van der Waals surface area contributed by atoms with Gasteiger partial charge in [-0.3, -0.25) is 4.98 Å². The minimum absolute atomic E-state index is 0.366. The highest BCUT2D eigenvalue weighted by molar-refractivity contribution is 5.87. The molecule has 0 saturated heterocycles. The van der Waals surface area contributed by atoms with E-state index in [2.05, 4.69) is 97.1 Å². The summed E-state index contributed by atoms with van der Waals surface area (Å²) in [4.78, 5) is 15.2. The number of phenols is 1. The van der Waals surface area contributed by atoms with Gasteiger partial charge < -0.3 is 5.11 Å². The summed E-state index contributed by atoms with van der Waals surface area (Å²) in [6.07, 6.45) is 7.86. The van der Waals surface area contributed by atoms with Crippen LogP contribution in [0.15, 0.2) is 140 Å². The molecular formula is C44H35N3O. The van der Waals surface area contributed by atoms with Gasteiger partial charge in [0.15, 0.2) is 5.82 Å². The van der Waals surface area contributed by atoms with Crippen LogP contribution in [0.1, 0.15) is 66.0 Å². The number of hydrogen-bond donors (Lipinski definition) is 1.